The SMILES string of the molecule is CCc1c(-c2cc(F)cc(C(=O)NC[C@@H](NC(=O)OCc3ccccc3)C(=O)OCc3ccccc3)c2)cnn1C. The number of benzene rings is 3. The van der Waals surface area contributed by atoms with Gasteiger partial charge in [-0.25, -0.2) is 14.0 Å². The van der Waals surface area contributed by atoms with E-state index in [0.29, 0.717) is 17.5 Å². The first-order valence-corrected chi connectivity index (χ1v) is 13.1. The molecule has 0 bridgehead atoms. The fourth-order valence-electron chi connectivity index (χ4n) is 4.23. The van der Waals surface area contributed by atoms with Crippen molar-refractivity contribution in [2.75, 3.05) is 6.54 Å². The van der Waals surface area contributed by atoms with E-state index in [0.717, 1.165) is 22.9 Å². The van der Waals surface area contributed by atoms with Crippen molar-refractivity contribution < 1.29 is 28.2 Å². The third-order valence-corrected chi connectivity index (χ3v) is 6.35. The summed E-state index contributed by atoms with van der Waals surface area (Å²) < 4.78 is 26.9. The van der Waals surface area contributed by atoms with Crippen LogP contribution < -0.4 is 10.6 Å². The lowest BCUT2D eigenvalue weighted by Crippen LogP contribution is -2.49. The van der Waals surface area contributed by atoms with E-state index in [9.17, 15) is 18.8 Å². The molecule has 9 nitrogen and oxygen atoms in total. The van der Waals surface area contributed by atoms with Gasteiger partial charge in [-0.05, 0) is 41.3 Å². The number of amides is 2. The lowest BCUT2D eigenvalue weighted by atomic mass is 10.0. The first-order chi connectivity index (χ1) is 19.8. The molecular formula is C31H31FN4O5. The monoisotopic (exact) mass is 558 g/mol. The van der Waals surface area contributed by atoms with E-state index in [2.05, 4.69) is 15.7 Å². The largest absolute Gasteiger partial charge is 0.459 e. The van der Waals surface area contributed by atoms with Crippen LogP contribution in [0.3, 0.4) is 0 Å². The molecule has 0 fully saturated rings. The Hall–Kier alpha value is -4.99. The molecule has 4 rings (SSSR count). The Morgan fingerprint density at radius 3 is 2.20 bits per heavy atom. The topological polar surface area (TPSA) is 112 Å². The molecular weight excluding hydrogens is 527 g/mol. The Morgan fingerprint density at radius 1 is 0.927 bits per heavy atom. The minimum atomic E-state index is -1.26. The lowest BCUT2D eigenvalue weighted by Gasteiger charge is -2.18. The quantitative estimate of drug-likeness (QED) is 0.261. The number of aromatic nitrogens is 2. The summed E-state index contributed by atoms with van der Waals surface area (Å²) >= 11 is 0. The van der Waals surface area contributed by atoms with Crippen molar-refractivity contribution in [3.63, 3.8) is 0 Å². The Labute approximate surface area is 237 Å². The van der Waals surface area contributed by atoms with Gasteiger partial charge in [0, 0.05) is 30.4 Å². The van der Waals surface area contributed by atoms with Crippen molar-refractivity contribution in [2.24, 2.45) is 7.05 Å². The van der Waals surface area contributed by atoms with Crippen molar-refractivity contribution in [2.45, 2.75) is 32.6 Å². The molecule has 2 N–H and O–H groups in total. The van der Waals surface area contributed by atoms with Crippen LogP contribution in [0, 0.1) is 5.82 Å². The molecule has 0 aliphatic rings. The third-order valence-electron chi connectivity index (χ3n) is 6.35. The molecule has 3 aromatic carbocycles. The summed E-state index contributed by atoms with van der Waals surface area (Å²) in [4.78, 5) is 38.5. The van der Waals surface area contributed by atoms with Gasteiger partial charge in [0.15, 0.2) is 0 Å². The second-order valence-corrected chi connectivity index (χ2v) is 9.27. The molecule has 4 aromatic rings. The second kappa shape index (κ2) is 13.9. The van der Waals surface area contributed by atoms with Crippen molar-refractivity contribution in [1.29, 1.82) is 0 Å². The third kappa shape index (κ3) is 8.01. The molecule has 0 aliphatic carbocycles. The first-order valence-electron chi connectivity index (χ1n) is 13.1. The molecule has 41 heavy (non-hydrogen) atoms. The molecule has 0 saturated heterocycles. The summed E-state index contributed by atoms with van der Waals surface area (Å²) in [5.74, 6) is -2.00. The van der Waals surface area contributed by atoms with Crippen molar-refractivity contribution in [3.05, 3.63) is 113 Å². The van der Waals surface area contributed by atoms with E-state index < -0.39 is 29.8 Å². The summed E-state index contributed by atoms with van der Waals surface area (Å²) in [5, 5.41) is 9.30. The van der Waals surface area contributed by atoms with Crippen LogP contribution in [0.1, 0.15) is 34.1 Å². The molecule has 1 aromatic heterocycles. The Balaban J connectivity index is 1.45. The van der Waals surface area contributed by atoms with E-state index in [1.807, 2.05) is 43.3 Å². The van der Waals surface area contributed by atoms with Crippen LogP contribution in [0.2, 0.25) is 0 Å². The van der Waals surface area contributed by atoms with Crippen LogP contribution in [0.25, 0.3) is 11.1 Å². The smallest absolute Gasteiger partial charge is 0.408 e. The maximum absolute atomic E-state index is 14.5. The van der Waals surface area contributed by atoms with Crippen LogP contribution in [-0.4, -0.2) is 40.3 Å². The van der Waals surface area contributed by atoms with Gasteiger partial charge in [0.2, 0.25) is 0 Å². The molecule has 212 valence electrons. The Morgan fingerprint density at radius 2 is 1.56 bits per heavy atom. The van der Waals surface area contributed by atoms with Gasteiger partial charge in [-0.3, -0.25) is 9.48 Å². The highest BCUT2D eigenvalue weighted by Gasteiger charge is 2.25. The van der Waals surface area contributed by atoms with Gasteiger partial charge in [-0.1, -0.05) is 67.6 Å². The molecule has 0 aliphatic heterocycles. The standard InChI is InChI=1S/C31H31FN4O5/c1-3-28-26(17-34-36(28)2)23-14-24(16-25(32)15-23)29(37)33-18-27(30(38)40-19-21-10-6-4-7-11-21)35-31(39)41-20-22-12-8-5-9-13-22/h4-17,27H,3,18-20H2,1-2H3,(H,33,37)(H,35,39)/t27-/m1/s1. The number of halogens is 1. The van der Waals surface area contributed by atoms with Crippen molar-refractivity contribution >= 4 is 18.0 Å². The number of esters is 1. The number of aryl methyl sites for hydroxylation is 1. The van der Waals surface area contributed by atoms with E-state index >= 15 is 0 Å². The maximum atomic E-state index is 14.5. The molecule has 10 heteroatoms. The zero-order valence-corrected chi connectivity index (χ0v) is 22.8. The normalized spacial score (nSPS) is 11.4. The van der Waals surface area contributed by atoms with Gasteiger partial charge in [-0.15, -0.1) is 0 Å². The fourth-order valence-corrected chi connectivity index (χ4v) is 4.23. The minimum Gasteiger partial charge on any atom is -0.459 e. The van der Waals surface area contributed by atoms with Crippen LogP contribution >= 0.6 is 0 Å². The summed E-state index contributed by atoms with van der Waals surface area (Å²) in [5.41, 5.74) is 3.68. The molecule has 0 saturated carbocycles. The van der Waals surface area contributed by atoms with E-state index in [4.69, 9.17) is 9.47 Å². The molecule has 0 unspecified atom stereocenters. The van der Waals surface area contributed by atoms with Gasteiger partial charge in [0.1, 0.15) is 25.1 Å². The number of carbonyl (C=O) groups excluding carboxylic acids is 3. The van der Waals surface area contributed by atoms with Crippen LogP contribution in [0.15, 0.2) is 85.1 Å². The summed E-state index contributed by atoms with van der Waals surface area (Å²) in [6, 6.07) is 20.8. The summed E-state index contributed by atoms with van der Waals surface area (Å²) in [6.07, 6.45) is 1.43. The van der Waals surface area contributed by atoms with E-state index in [1.54, 1.807) is 48.3 Å². The Bertz CT molecular complexity index is 1490. The van der Waals surface area contributed by atoms with Gasteiger partial charge < -0.3 is 20.1 Å². The van der Waals surface area contributed by atoms with Crippen molar-refractivity contribution in [1.82, 2.24) is 20.4 Å². The van der Waals surface area contributed by atoms with E-state index in [-0.39, 0.29) is 25.3 Å². The van der Waals surface area contributed by atoms with E-state index in [1.165, 1.54) is 6.07 Å². The highest BCUT2D eigenvalue weighted by atomic mass is 19.1. The summed E-state index contributed by atoms with van der Waals surface area (Å²) in [7, 11) is 1.80. The molecule has 0 radical (unpaired) electrons. The average molecular weight is 559 g/mol. The minimum absolute atomic E-state index is 0.00895. The van der Waals surface area contributed by atoms with Crippen LogP contribution in [0.5, 0.6) is 0 Å². The number of ether oxygens (including phenoxy) is 2. The zero-order chi connectivity index (χ0) is 29.2. The lowest BCUT2D eigenvalue weighted by molar-refractivity contribution is -0.147. The number of carbonyl (C=O) groups is 3. The zero-order valence-electron chi connectivity index (χ0n) is 22.8. The van der Waals surface area contributed by atoms with Gasteiger partial charge in [0.25, 0.3) is 5.91 Å². The summed E-state index contributed by atoms with van der Waals surface area (Å²) in [6.45, 7) is 1.61. The number of nitrogens with one attached hydrogen (secondary N) is 2. The fraction of sp³-hybridized carbons (Fsp3) is 0.226. The number of hydrogen-bond acceptors (Lipinski definition) is 6. The van der Waals surface area contributed by atoms with Gasteiger partial charge >= 0.3 is 12.1 Å². The number of hydrogen-bond donors (Lipinski definition) is 2. The second-order valence-electron chi connectivity index (χ2n) is 9.27. The average Bonchev–Trinajstić information content (AvgIpc) is 3.37. The van der Waals surface area contributed by atoms with Gasteiger partial charge in [0.05, 0.1) is 6.20 Å². The van der Waals surface area contributed by atoms with Crippen LogP contribution in [0.4, 0.5) is 9.18 Å². The van der Waals surface area contributed by atoms with Gasteiger partial charge in [-0.2, -0.15) is 5.10 Å². The molecule has 2 amide bonds. The first kappa shape index (κ1) is 29.0. The van der Waals surface area contributed by atoms with Crippen molar-refractivity contribution in [3.8, 4) is 11.1 Å². The number of alkyl carbamates (subject to hydrolysis) is 1. The number of rotatable bonds is 11. The van der Waals surface area contributed by atoms with Crippen LogP contribution in [-0.2, 0) is 41.0 Å². The maximum Gasteiger partial charge on any atom is 0.408 e. The Kier molecular flexibility index (Phi) is 9.82. The molecule has 0 spiro atoms. The predicted molar refractivity (Wildman–Crippen MR) is 150 cm³/mol. The molecule has 1 atom stereocenters. The highest BCUT2D eigenvalue weighted by Crippen LogP contribution is 2.26. The predicted octanol–water partition coefficient (Wildman–Crippen LogP) is 4.56. The highest BCUT2D eigenvalue weighted by molar-refractivity contribution is 5.96. The number of nitrogens with zero attached hydrogens (tertiary/aromatic N) is 2. The molecule has 1 heterocycles.